The Labute approximate surface area is 151 Å². The number of methoxy groups -OCH3 is 1. The molecule has 25 heavy (non-hydrogen) atoms. The van der Waals surface area contributed by atoms with E-state index in [1.54, 1.807) is 12.1 Å². The third-order valence-corrected chi connectivity index (χ3v) is 3.95. The van der Waals surface area contributed by atoms with Gasteiger partial charge in [0, 0.05) is 17.0 Å². The minimum absolute atomic E-state index is 0.00195. The monoisotopic (exact) mass is 355 g/mol. The van der Waals surface area contributed by atoms with Crippen LogP contribution in [0.25, 0.3) is 0 Å². The van der Waals surface area contributed by atoms with Crippen molar-refractivity contribution < 1.29 is 13.9 Å². The van der Waals surface area contributed by atoms with E-state index in [-0.39, 0.29) is 5.90 Å². The van der Waals surface area contributed by atoms with Crippen LogP contribution in [0.15, 0.2) is 65.1 Å². The molecule has 0 aliphatic heterocycles. The van der Waals surface area contributed by atoms with Crippen LogP contribution in [-0.2, 0) is 17.8 Å². The molecule has 0 saturated heterocycles. The molecule has 1 aromatic heterocycles. The Kier molecular flexibility index (Phi) is 5.41. The largest absolute Gasteiger partial charge is 0.489 e. The summed E-state index contributed by atoms with van der Waals surface area (Å²) in [5.74, 6) is 1.86. The molecule has 0 atom stereocenters. The zero-order valence-electron chi connectivity index (χ0n) is 13.8. The van der Waals surface area contributed by atoms with Crippen LogP contribution in [0, 0.1) is 5.41 Å². The predicted octanol–water partition coefficient (Wildman–Crippen LogP) is 5.07. The lowest BCUT2D eigenvalue weighted by molar-refractivity contribution is 0.303. The second-order valence-corrected chi connectivity index (χ2v) is 5.94. The summed E-state index contributed by atoms with van der Waals surface area (Å²) < 4.78 is 16.5. The third-order valence-electron chi connectivity index (χ3n) is 3.71. The van der Waals surface area contributed by atoms with Crippen molar-refractivity contribution >= 4 is 17.5 Å². The highest BCUT2D eigenvalue weighted by Gasteiger charge is 2.12. The van der Waals surface area contributed by atoms with Gasteiger partial charge in [-0.05, 0) is 35.9 Å². The highest BCUT2D eigenvalue weighted by atomic mass is 35.5. The molecule has 0 bridgehead atoms. The van der Waals surface area contributed by atoms with Gasteiger partial charge in [0.25, 0.3) is 0 Å². The van der Waals surface area contributed by atoms with Crippen molar-refractivity contribution in [2.45, 2.75) is 13.0 Å². The van der Waals surface area contributed by atoms with E-state index in [1.807, 2.05) is 48.5 Å². The number of hydrogen-bond acceptors (Lipinski definition) is 4. The topological polar surface area (TPSA) is 55.5 Å². The number of ether oxygens (including phenoxy) is 2. The molecule has 128 valence electrons. The van der Waals surface area contributed by atoms with Crippen molar-refractivity contribution in [3.05, 3.63) is 88.3 Å². The first-order valence-corrected chi connectivity index (χ1v) is 8.20. The van der Waals surface area contributed by atoms with Crippen molar-refractivity contribution in [3.63, 3.8) is 0 Å². The van der Waals surface area contributed by atoms with Gasteiger partial charge in [0.05, 0.1) is 7.11 Å². The average molecular weight is 356 g/mol. The van der Waals surface area contributed by atoms with Crippen LogP contribution < -0.4 is 4.74 Å². The summed E-state index contributed by atoms with van der Waals surface area (Å²) in [5, 5.41) is 8.28. The van der Waals surface area contributed by atoms with Gasteiger partial charge in [-0.2, -0.15) is 0 Å². The Morgan fingerprint density at radius 3 is 2.64 bits per heavy atom. The molecule has 1 N–H and O–H groups in total. The van der Waals surface area contributed by atoms with Crippen molar-refractivity contribution in [1.29, 1.82) is 5.41 Å². The standard InChI is InChI=1S/C20H18ClNO3/c1-23-20(22)19-10-8-17(25-19)12-15-11-16(21)7-9-18(15)24-13-14-5-3-2-4-6-14/h2-11,22H,12-13H2,1H3. The Balaban J connectivity index is 1.77. The number of benzene rings is 2. The molecule has 0 aliphatic rings. The smallest absolute Gasteiger partial charge is 0.249 e. The highest BCUT2D eigenvalue weighted by Crippen LogP contribution is 2.27. The first kappa shape index (κ1) is 17.1. The van der Waals surface area contributed by atoms with Gasteiger partial charge in [-0.25, -0.2) is 0 Å². The Hall–Kier alpha value is -2.72. The number of nitrogens with one attached hydrogen (secondary N) is 1. The summed E-state index contributed by atoms with van der Waals surface area (Å²) in [6.07, 6.45) is 0.516. The van der Waals surface area contributed by atoms with E-state index in [1.165, 1.54) is 7.11 Å². The van der Waals surface area contributed by atoms with Gasteiger partial charge in [-0.15, -0.1) is 0 Å². The molecule has 3 aromatic rings. The minimum atomic E-state index is -0.00195. The summed E-state index contributed by atoms with van der Waals surface area (Å²) in [6.45, 7) is 0.479. The maximum atomic E-state index is 7.65. The molecule has 0 aliphatic carbocycles. The van der Waals surface area contributed by atoms with Gasteiger partial charge >= 0.3 is 0 Å². The zero-order chi connectivity index (χ0) is 17.6. The Morgan fingerprint density at radius 1 is 1.08 bits per heavy atom. The van der Waals surface area contributed by atoms with Gasteiger partial charge in [0.1, 0.15) is 18.1 Å². The van der Waals surface area contributed by atoms with Crippen molar-refractivity contribution in [2.75, 3.05) is 7.11 Å². The molecular formula is C20H18ClNO3. The number of rotatable bonds is 6. The summed E-state index contributed by atoms with van der Waals surface area (Å²) in [6, 6.07) is 19.1. The summed E-state index contributed by atoms with van der Waals surface area (Å²) in [5.41, 5.74) is 2.02. The van der Waals surface area contributed by atoms with Crippen LogP contribution in [0.4, 0.5) is 0 Å². The van der Waals surface area contributed by atoms with Gasteiger partial charge in [-0.1, -0.05) is 41.9 Å². The van der Waals surface area contributed by atoms with Crippen molar-refractivity contribution in [3.8, 4) is 5.75 Å². The lowest BCUT2D eigenvalue weighted by Crippen LogP contribution is -2.00. The third kappa shape index (κ3) is 4.43. The Morgan fingerprint density at radius 2 is 1.88 bits per heavy atom. The van der Waals surface area contributed by atoms with Crippen LogP contribution in [0.5, 0.6) is 5.75 Å². The molecule has 2 aromatic carbocycles. The normalized spacial score (nSPS) is 10.5. The van der Waals surface area contributed by atoms with E-state index in [4.69, 9.17) is 30.9 Å². The minimum Gasteiger partial charge on any atom is -0.489 e. The summed E-state index contributed by atoms with van der Waals surface area (Å²) in [4.78, 5) is 0. The Bertz CT molecular complexity index is 858. The zero-order valence-corrected chi connectivity index (χ0v) is 14.5. The fourth-order valence-corrected chi connectivity index (χ4v) is 2.64. The number of furan rings is 1. The quantitative estimate of drug-likeness (QED) is 0.496. The fraction of sp³-hybridized carbons (Fsp3) is 0.150. The molecule has 0 unspecified atom stereocenters. The molecule has 0 amide bonds. The first-order chi connectivity index (χ1) is 12.2. The lowest BCUT2D eigenvalue weighted by Gasteiger charge is -2.11. The lowest BCUT2D eigenvalue weighted by atomic mass is 10.1. The average Bonchev–Trinajstić information content (AvgIpc) is 3.10. The van der Waals surface area contributed by atoms with E-state index >= 15 is 0 Å². The maximum absolute atomic E-state index is 7.65. The van der Waals surface area contributed by atoms with E-state index in [2.05, 4.69) is 0 Å². The maximum Gasteiger partial charge on any atom is 0.249 e. The van der Waals surface area contributed by atoms with Gasteiger partial charge in [0.2, 0.25) is 5.90 Å². The van der Waals surface area contributed by atoms with Gasteiger partial charge in [0.15, 0.2) is 5.76 Å². The molecule has 0 saturated carbocycles. The molecule has 1 heterocycles. The number of halogens is 1. The second-order valence-electron chi connectivity index (χ2n) is 5.50. The van der Waals surface area contributed by atoms with Crippen LogP contribution in [-0.4, -0.2) is 13.0 Å². The highest BCUT2D eigenvalue weighted by molar-refractivity contribution is 6.30. The van der Waals surface area contributed by atoms with E-state index in [0.29, 0.717) is 29.6 Å². The number of hydrogen-bond donors (Lipinski definition) is 1. The summed E-state index contributed by atoms with van der Waals surface area (Å²) in [7, 11) is 1.44. The molecular weight excluding hydrogens is 338 g/mol. The van der Waals surface area contributed by atoms with Gasteiger partial charge in [-0.3, -0.25) is 5.41 Å². The molecule has 0 spiro atoms. The van der Waals surface area contributed by atoms with E-state index in [9.17, 15) is 0 Å². The second kappa shape index (κ2) is 7.90. The molecule has 5 heteroatoms. The predicted molar refractivity (Wildman–Crippen MR) is 97.6 cm³/mol. The van der Waals surface area contributed by atoms with Crippen LogP contribution in [0.2, 0.25) is 5.02 Å². The van der Waals surface area contributed by atoms with Crippen LogP contribution >= 0.6 is 11.6 Å². The SMILES string of the molecule is COC(=N)c1ccc(Cc2cc(Cl)ccc2OCc2ccccc2)o1. The van der Waals surface area contributed by atoms with E-state index < -0.39 is 0 Å². The summed E-state index contributed by atoms with van der Waals surface area (Å²) >= 11 is 6.14. The van der Waals surface area contributed by atoms with Crippen LogP contribution in [0.1, 0.15) is 22.6 Å². The first-order valence-electron chi connectivity index (χ1n) is 7.82. The molecule has 0 radical (unpaired) electrons. The van der Waals surface area contributed by atoms with Crippen LogP contribution in [0.3, 0.4) is 0 Å². The van der Waals surface area contributed by atoms with E-state index in [0.717, 1.165) is 16.9 Å². The molecule has 0 fully saturated rings. The molecule has 4 nitrogen and oxygen atoms in total. The van der Waals surface area contributed by atoms with Crippen molar-refractivity contribution in [1.82, 2.24) is 0 Å². The van der Waals surface area contributed by atoms with Gasteiger partial charge < -0.3 is 13.9 Å². The molecule has 3 rings (SSSR count). The fourth-order valence-electron chi connectivity index (χ4n) is 2.45. The van der Waals surface area contributed by atoms with Crippen molar-refractivity contribution in [2.24, 2.45) is 0 Å².